The third kappa shape index (κ3) is 2.86. The first-order valence-electron chi connectivity index (χ1n) is 7.62. The van der Waals surface area contributed by atoms with Gasteiger partial charge in [0.1, 0.15) is 6.54 Å². The molecule has 0 atom stereocenters. The fourth-order valence-electron chi connectivity index (χ4n) is 2.66. The lowest BCUT2D eigenvalue weighted by molar-refractivity contribution is -0.679. The van der Waals surface area contributed by atoms with Crippen LogP contribution in [0.25, 0.3) is 11.0 Å². The number of aryl methyl sites for hydroxylation is 1. The number of nitrogens with one attached hydrogen (secondary N) is 2. The van der Waals surface area contributed by atoms with Crippen molar-refractivity contribution in [2.24, 2.45) is 0 Å². The minimum absolute atomic E-state index is 0.0534. The van der Waals surface area contributed by atoms with E-state index in [0.29, 0.717) is 12.1 Å². The molecule has 0 aliphatic rings. The summed E-state index contributed by atoms with van der Waals surface area (Å²) in [5, 5.41) is 2.98. The van der Waals surface area contributed by atoms with Gasteiger partial charge in [-0.25, -0.2) is 9.55 Å². The lowest BCUT2D eigenvalue weighted by Gasteiger charge is -2.04. The molecule has 0 saturated heterocycles. The number of imidazole rings is 1. The molecule has 4 heteroatoms. The fourth-order valence-corrected chi connectivity index (χ4v) is 2.66. The number of rotatable bonds is 5. The van der Waals surface area contributed by atoms with Gasteiger partial charge in [-0.05, 0) is 30.7 Å². The molecule has 0 saturated carbocycles. The zero-order valence-electron chi connectivity index (χ0n) is 12.7. The average Bonchev–Trinajstić information content (AvgIpc) is 2.92. The van der Waals surface area contributed by atoms with Gasteiger partial charge in [0.2, 0.25) is 0 Å². The Morgan fingerprint density at radius 3 is 2.59 bits per heavy atom. The molecule has 0 bridgehead atoms. The Labute approximate surface area is 129 Å². The highest BCUT2D eigenvalue weighted by molar-refractivity contribution is 5.94. The number of benzene rings is 2. The number of fused-ring (bicyclic) bond motifs is 1. The van der Waals surface area contributed by atoms with Gasteiger partial charge in [-0.15, -0.1) is 0 Å². The number of hydrogen-bond acceptors (Lipinski definition) is 1. The summed E-state index contributed by atoms with van der Waals surface area (Å²) in [5.74, 6) is 0.967. The second kappa shape index (κ2) is 6.43. The van der Waals surface area contributed by atoms with E-state index in [9.17, 15) is 4.79 Å². The number of amides is 1. The maximum atomic E-state index is 12.2. The molecular formula is C18H20N3O+. The maximum Gasteiger partial charge on any atom is 0.274 e. The van der Waals surface area contributed by atoms with Gasteiger partial charge in [-0.3, -0.25) is 4.79 Å². The highest BCUT2D eigenvalue weighted by Crippen LogP contribution is 2.09. The van der Waals surface area contributed by atoms with Gasteiger partial charge in [0.15, 0.2) is 11.0 Å². The molecular weight excluding hydrogens is 274 g/mol. The van der Waals surface area contributed by atoms with Crippen LogP contribution in [0.15, 0.2) is 54.6 Å². The summed E-state index contributed by atoms with van der Waals surface area (Å²) < 4.78 is 2.24. The maximum absolute atomic E-state index is 12.2. The summed E-state index contributed by atoms with van der Waals surface area (Å²) in [6.45, 7) is 3.57. The van der Waals surface area contributed by atoms with Gasteiger partial charge >= 0.3 is 0 Å². The highest BCUT2D eigenvalue weighted by atomic mass is 16.1. The Bertz CT molecular complexity index is 777. The van der Waals surface area contributed by atoms with Crippen LogP contribution in [-0.2, 0) is 13.1 Å². The smallest absolute Gasteiger partial charge is 0.274 e. The highest BCUT2D eigenvalue weighted by Gasteiger charge is 2.18. The van der Waals surface area contributed by atoms with Crippen LogP contribution in [0.3, 0.4) is 0 Å². The normalized spacial score (nSPS) is 10.8. The number of para-hydroxylation sites is 2. The molecule has 3 rings (SSSR count). The van der Waals surface area contributed by atoms with Crippen LogP contribution in [0.5, 0.6) is 0 Å². The second-order valence-corrected chi connectivity index (χ2v) is 5.29. The van der Waals surface area contributed by atoms with Crippen molar-refractivity contribution in [3.63, 3.8) is 0 Å². The molecule has 22 heavy (non-hydrogen) atoms. The van der Waals surface area contributed by atoms with E-state index >= 15 is 0 Å². The quantitative estimate of drug-likeness (QED) is 0.698. The van der Waals surface area contributed by atoms with Crippen LogP contribution >= 0.6 is 0 Å². The molecule has 0 spiro atoms. The standard InChI is InChI=1S/C18H19N3O/c1-2-12-21-16-11-7-6-10-15(16)20-17(21)13-19-18(22)14-8-4-3-5-9-14/h3-11H,2,12-13H2,1H3,(H,19,22)/p+1. The summed E-state index contributed by atoms with van der Waals surface area (Å²) >= 11 is 0. The van der Waals surface area contributed by atoms with E-state index in [4.69, 9.17) is 0 Å². The van der Waals surface area contributed by atoms with Crippen molar-refractivity contribution in [1.29, 1.82) is 0 Å². The van der Waals surface area contributed by atoms with E-state index < -0.39 is 0 Å². The van der Waals surface area contributed by atoms with Gasteiger partial charge in [-0.1, -0.05) is 37.3 Å². The Balaban J connectivity index is 1.81. The van der Waals surface area contributed by atoms with E-state index in [1.807, 2.05) is 42.5 Å². The predicted molar refractivity (Wildman–Crippen MR) is 86.4 cm³/mol. The van der Waals surface area contributed by atoms with Gasteiger partial charge in [0, 0.05) is 5.56 Å². The zero-order valence-corrected chi connectivity index (χ0v) is 12.7. The van der Waals surface area contributed by atoms with E-state index in [0.717, 1.165) is 24.3 Å². The van der Waals surface area contributed by atoms with Crippen molar-refractivity contribution in [2.45, 2.75) is 26.4 Å². The van der Waals surface area contributed by atoms with Crippen molar-refractivity contribution in [3.8, 4) is 0 Å². The molecule has 0 aliphatic heterocycles. The molecule has 0 aliphatic carbocycles. The van der Waals surface area contributed by atoms with Crippen molar-refractivity contribution in [1.82, 2.24) is 10.3 Å². The van der Waals surface area contributed by atoms with E-state index in [1.165, 1.54) is 5.52 Å². The van der Waals surface area contributed by atoms with Crippen molar-refractivity contribution >= 4 is 16.9 Å². The third-order valence-electron chi connectivity index (χ3n) is 3.70. The predicted octanol–water partition coefficient (Wildman–Crippen LogP) is 2.80. The monoisotopic (exact) mass is 294 g/mol. The first kappa shape index (κ1) is 14.3. The molecule has 2 N–H and O–H groups in total. The zero-order chi connectivity index (χ0) is 15.4. The van der Waals surface area contributed by atoms with Crippen LogP contribution in [0.4, 0.5) is 0 Å². The topological polar surface area (TPSA) is 48.8 Å². The van der Waals surface area contributed by atoms with E-state index in [-0.39, 0.29) is 5.91 Å². The molecule has 0 unspecified atom stereocenters. The van der Waals surface area contributed by atoms with Gasteiger partial charge in [0.05, 0.1) is 6.54 Å². The van der Waals surface area contributed by atoms with Crippen LogP contribution in [0.2, 0.25) is 0 Å². The Kier molecular flexibility index (Phi) is 4.19. The van der Waals surface area contributed by atoms with Gasteiger partial charge in [-0.2, -0.15) is 0 Å². The number of aromatic nitrogens is 2. The lowest BCUT2D eigenvalue weighted by atomic mass is 10.2. The fraction of sp³-hybridized carbons (Fsp3) is 0.222. The summed E-state index contributed by atoms with van der Waals surface area (Å²) in [7, 11) is 0. The summed E-state index contributed by atoms with van der Waals surface area (Å²) in [6, 6.07) is 17.5. The number of H-pyrrole nitrogens is 1. The molecule has 2 aromatic carbocycles. The van der Waals surface area contributed by atoms with Crippen molar-refractivity contribution in [3.05, 3.63) is 66.0 Å². The summed E-state index contributed by atoms with van der Waals surface area (Å²) in [5.41, 5.74) is 2.95. The lowest BCUT2D eigenvalue weighted by Crippen LogP contribution is -2.39. The molecule has 112 valence electrons. The van der Waals surface area contributed by atoms with E-state index in [2.05, 4.69) is 33.9 Å². The first-order chi connectivity index (χ1) is 10.8. The molecule has 4 nitrogen and oxygen atoms in total. The first-order valence-corrected chi connectivity index (χ1v) is 7.62. The largest absolute Gasteiger partial charge is 0.340 e. The number of hydrogen-bond donors (Lipinski definition) is 2. The average molecular weight is 294 g/mol. The van der Waals surface area contributed by atoms with Crippen LogP contribution < -0.4 is 9.88 Å². The molecule has 0 radical (unpaired) electrons. The minimum Gasteiger partial charge on any atom is -0.340 e. The van der Waals surface area contributed by atoms with Crippen LogP contribution in [0.1, 0.15) is 29.5 Å². The van der Waals surface area contributed by atoms with Crippen molar-refractivity contribution in [2.75, 3.05) is 0 Å². The van der Waals surface area contributed by atoms with Gasteiger partial charge in [0.25, 0.3) is 11.7 Å². The van der Waals surface area contributed by atoms with Crippen LogP contribution in [-0.4, -0.2) is 10.9 Å². The third-order valence-corrected chi connectivity index (χ3v) is 3.70. The summed E-state index contributed by atoms with van der Waals surface area (Å²) in [4.78, 5) is 15.6. The Morgan fingerprint density at radius 2 is 1.82 bits per heavy atom. The molecule has 1 aromatic heterocycles. The number of carbonyl (C=O) groups excluding carboxylic acids is 1. The molecule has 3 aromatic rings. The number of carbonyl (C=O) groups is 1. The molecule has 1 amide bonds. The van der Waals surface area contributed by atoms with Gasteiger partial charge < -0.3 is 5.32 Å². The molecule has 0 fully saturated rings. The minimum atomic E-state index is -0.0534. The second-order valence-electron chi connectivity index (χ2n) is 5.29. The number of nitrogens with zero attached hydrogens (tertiary/aromatic N) is 1. The van der Waals surface area contributed by atoms with Crippen molar-refractivity contribution < 1.29 is 9.36 Å². The Morgan fingerprint density at radius 1 is 1.09 bits per heavy atom. The number of aromatic amines is 1. The summed E-state index contributed by atoms with van der Waals surface area (Å²) in [6.07, 6.45) is 1.05. The SMILES string of the molecule is CCC[n+]1c(CNC(=O)c2ccccc2)[nH]c2ccccc21. The Hall–Kier alpha value is -2.62. The van der Waals surface area contributed by atoms with Crippen LogP contribution in [0, 0.1) is 0 Å². The molecule has 1 heterocycles. The van der Waals surface area contributed by atoms with E-state index in [1.54, 1.807) is 0 Å².